The first-order chi connectivity index (χ1) is 9.06. The largest absolute Gasteiger partial charge is 0.463 e. The van der Waals surface area contributed by atoms with E-state index in [-0.39, 0.29) is 18.5 Å². The van der Waals surface area contributed by atoms with Gasteiger partial charge in [-0.25, -0.2) is 4.79 Å². The van der Waals surface area contributed by atoms with Crippen molar-refractivity contribution < 1.29 is 14.3 Å². The van der Waals surface area contributed by atoms with Crippen LogP contribution in [-0.2, 0) is 14.3 Å². The molecule has 0 saturated carbocycles. The van der Waals surface area contributed by atoms with E-state index in [0.29, 0.717) is 12.2 Å². The Balaban J connectivity index is 2.33. The van der Waals surface area contributed by atoms with Gasteiger partial charge in [0, 0.05) is 25.2 Å². The molecule has 1 aliphatic heterocycles. The van der Waals surface area contributed by atoms with Crippen LogP contribution in [0.5, 0.6) is 0 Å². The standard InChI is InChI=1S/C14H24N2O3/c1-4-19-14(18)11(2)10-15-12(3)13(17)16-8-6-5-7-9-16/h12,15H,2,4-10H2,1,3H3. The zero-order valence-electron chi connectivity index (χ0n) is 11.9. The van der Waals surface area contributed by atoms with Gasteiger partial charge < -0.3 is 15.0 Å². The summed E-state index contributed by atoms with van der Waals surface area (Å²) < 4.78 is 4.84. The van der Waals surface area contributed by atoms with E-state index in [9.17, 15) is 9.59 Å². The van der Waals surface area contributed by atoms with Crippen LogP contribution in [-0.4, -0.2) is 49.1 Å². The number of carbonyl (C=O) groups excluding carboxylic acids is 2. The van der Waals surface area contributed by atoms with Crippen LogP contribution in [0.3, 0.4) is 0 Å². The van der Waals surface area contributed by atoms with E-state index in [1.165, 1.54) is 6.42 Å². The van der Waals surface area contributed by atoms with Crippen molar-refractivity contribution in [3.63, 3.8) is 0 Å². The number of likely N-dealkylation sites (tertiary alicyclic amines) is 1. The molecule has 1 unspecified atom stereocenters. The highest BCUT2D eigenvalue weighted by Crippen LogP contribution is 2.10. The minimum absolute atomic E-state index is 0.0939. The number of nitrogens with zero attached hydrogens (tertiary/aromatic N) is 1. The quantitative estimate of drug-likeness (QED) is 0.579. The lowest BCUT2D eigenvalue weighted by Crippen LogP contribution is -2.47. The van der Waals surface area contributed by atoms with Gasteiger partial charge in [0.25, 0.3) is 0 Å². The van der Waals surface area contributed by atoms with Gasteiger partial charge in [-0.2, -0.15) is 0 Å². The Kier molecular flexibility index (Phi) is 6.56. The Morgan fingerprint density at radius 2 is 1.95 bits per heavy atom. The summed E-state index contributed by atoms with van der Waals surface area (Å²) in [5.41, 5.74) is 0.347. The molecular weight excluding hydrogens is 244 g/mol. The second-order valence-electron chi connectivity index (χ2n) is 4.81. The van der Waals surface area contributed by atoms with E-state index in [2.05, 4.69) is 11.9 Å². The fraction of sp³-hybridized carbons (Fsp3) is 0.714. The van der Waals surface area contributed by atoms with Gasteiger partial charge in [0.05, 0.1) is 12.6 Å². The number of piperidine rings is 1. The van der Waals surface area contributed by atoms with Gasteiger partial charge >= 0.3 is 5.97 Å². The molecule has 1 atom stereocenters. The van der Waals surface area contributed by atoms with Crippen LogP contribution in [0.1, 0.15) is 33.1 Å². The third-order valence-corrected chi connectivity index (χ3v) is 3.22. The third kappa shape index (κ3) is 5.03. The van der Waals surface area contributed by atoms with Gasteiger partial charge in [-0.05, 0) is 33.1 Å². The lowest BCUT2D eigenvalue weighted by Gasteiger charge is -2.29. The fourth-order valence-electron chi connectivity index (χ4n) is 2.06. The first-order valence-electron chi connectivity index (χ1n) is 6.93. The topological polar surface area (TPSA) is 58.6 Å². The molecule has 0 radical (unpaired) electrons. The molecule has 1 aliphatic rings. The summed E-state index contributed by atoms with van der Waals surface area (Å²) in [5, 5.41) is 3.03. The number of hydrogen-bond acceptors (Lipinski definition) is 4. The van der Waals surface area contributed by atoms with Crippen LogP contribution < -0.4 is 5.32 Å². The smallest absolute Gasteiger partial charge is 0.334 e. The number of nitrogens with one attached hydrogen (secondary N) is 1. The molecule has 0 spiro atoms. The van der Waals surface area contributed by atoms with Gasteiger partial charge in [0.2, 0.25) is 5.91 Å². The Labute approximate surface area is 115 Å². The zero-order chi connectivity index (χ0) is 14.3. The molecule has 5 nitrogen and oxygen atoms in total. The molecule has 1 heterocycles. The second-order valence-corrected chi connectivity index (χ2v) is 4.81. The summed E-state index contributed by atoms with van der Waals surface area (Å²) in [6.45, 7) is 9.51. The third-order valence-electron chi connectivity index (χ3n) is 3.22. The van der Waals surface area contributed by atoms with Gasteiger partial charge in [0.15, 0.2) is 0 Å². The molecule has 1 fully saturated rings. The van der Waals surface area contributed by atoms with E-state index < -0.39 is 5.97 Å². The van der Waals surface area contributed by atoms with Crippen molar-refractivity contribution in [2.75, 3.05) is 26.2 Å². The predicted octanol–water partition coefficient (Wildman–Crippen LogP) is 1.10. The van der Waals surface area contributed by atoms with Gasteiger partial charge in [-0.15, -0.1) is 0 Å². The molecule has 0 bridgehead atoms. The monoisotopic (exact) mass is 268 g/mol. The molecule has 0 aromatic heterocycles. The van der Waals surface area contributed by atoms with Crippen LogP contribution in [0.25, 0.3) is 0 Å². The lowest BCUT2D eigenvalue weighted by atomic mass is 10.1. The maximum atomic E-state index is 12.1. The molecule has 19 heavy (non-hydrogen) atoms. The lowest BCUT2D eigenvalue weighted by molar-refractivity contribution is -0.139. The van der Waals surface area contributed by atoms with Crippen molar-refractivity contribution in [1.82, 2.24) is 10.2 Å². The minimum Gasteiger partial charge on any atom is -0.463 e. The molecule has 0 aromatic rings. The highest BCUT2D eigenvalue weighted by atomic mass is 16.5. The van der Waals surface area contributed by atoms with E-state index in [0.717, 1.165) is 25.9 Å². The molecule has 0 aliphatic carbocycles. The molecule has 1 saturated heterocycles. The average Bonchev–Trinajstić information content (AvgIpc) is 2.44. The van der Waals surface area contributed by atoms with E-state index in [4.69, 9.17) is 4.74 Å². The van der Waals surface area contributed by atoms with Crippen molar-refractivity contribution in [3.8, 4) is 0 Å². The van der Waals surface area contributed by atoms with Crippen LogP contribution in [0, 0.1) is 0 Å². The first-order valence-corrected chi connectivity index (χ1v) is 6.93. The Morgan fingerprint density at radius 1 is 1.32 bits per heavy atom. The van der Waals surface area contributed by atoms with Crippen molar-refractivity contribution >= 4 is 11.9 Å². The van der Waals surface area contributed by atoms with Crippen LogP contribution in [0.15, 0.2) is 12.2 Å². The van der Waals surface area contributed by atoms with E-state index in [1.54, 1.807) is 6.92 Å². The zero-order valence-corrected chi connectivity index (χ0v) is 11.9. The van der Waals surface area contributed by atoms with Crippen molar-refractivity contribution in [2.45, 2.75) is 39.2 Å². The van der Waals surface area contributed by atoms with E-state index in [1.807, 2.05) is 11.8 Å². The highest BCUT2D eigenvalue weighted by molar-refractivity contribution is 5.88. The summed E-state index contributed by atoms with van der Waals surface area (Å²) in [7, 11) is 0. The van der Waals surface area contributed by atoms with Gasteiger partial charge in [-0.1, -0.05) is 6.58 Å². The maximum Gasteiger partial charge on any atom is 0.334 e. The number of hydrogen-bond donors (Lipinski definition) is 1. The number of ether oxygens (including phenoxy) is 1. The summed E-state index contributed by atoms with van der Waals surface area (Å²) in [6, 6.07) is -0.302. The summed E-state index contributed by atoms with van der Waals surface area (Å²) in [4.78, 5) is 25.4. The Bertz CT molecular complexity index is 336. The SMILES string of the molecule is C=C(CNC(C)C(=O)N1CCCCC1)C(=O)OCC. The summed E-state index contributed by atoms with van der Waals surface area (Å²) in [6.07, 6.45) is 3.35. The molecule has 1 amide bonds. The molecule has 0 aromatic carbocycles. The van der Waals surface area contributed by atoms with Crippen LogP contribution >= 0.6 is 0 Å². The van der Waals surface area contributed by atoms with Crippen molar-refractivity contribution in [3.05, 3.63) is 12.2 Å². The highest BCUT2D eigenvalue weighted by Gasteiger charge is 2.22. The molecule has 1 N–H and O–H groups in total. The minimum atomic E-state index is -0.410. The average molecular weight is 268 g/mol. The van der Waals surface area contributed by atoms with Crippen molar-refractivity contribution in [2.24, 2.45) is 0 Å². The summed E-state index contributed by atoms with van der Waals surface area (Å²) >= 11 is 0. The van der Waals surface area contributed by atoms with Gasteiger partial charge in [-0.3, -0.25) is 4.79 Å². The number of esters is 1. The number of amides is 1. The maximum absolute atomic E-state index is 12.1. The number of rotatable bonds is 6. The fourth-order valence-corrected chi connectivity index (χ4v) is 2.06. The summed E-state index contributed by atoms with van der Waals surface area (Å²) in [5.74, 6) is -0.316. The molecule has 5 heteroatoms. The van der Waals surface area contributed by atoms with Crippen LogP contribution in [0.2, 0.25) is 0 Å². The Hall–Kier alpha value is -1.36. The Morgan fingerprint density at radius 3 is 2.53 bits per heavy atom. The number of carbonyl (C=O) groups is 2. The van der Waals surface area contributed by atoms with Crippen LogP contribution in [0.4, 0.5) is 0 Å². The van der Waals surface area contributed by atoms with Gasteiger partial charge in [0.1, 0.15) is 0 Å². The van der Waals surface area contributed by atoms with E-state index >= 15 is 0 Å². The normalized spacial score (nSPS) is 16.8. The predicted molar refractivity (Wildman–Crippen MR) is 73.7 cm³/mol. The van der Waals surface area contributed by atoms with Crippen molar-refractivity contribution in [1.29, 1.82) is 0 Å². The molecule has 108 valence electrons. The molecular formula is C14H24N2O3. The first kappa shape index (κ1) is 15.7. The molecule has 1 rings (SSSR count). The second kappa shape index (κ2) is 7.94.